The summed E-state index contributed by atoms with van der Waals surface area (Å²) in [6.45, 7) is 14.9. The van der Waals surface area contributed by atoms with Crippen molar-refractivity contribution in [2.75, 3.05) is 0 Å². The average Bonchev–Trinajstić information content (AvgIpc) is 3.13. The highest BCUT2D eigenvalue weighted by molar-refractivity contribution is 8.04. The summed E-state index contributed by atoms with van der Waals surface area (Å²) in [4.78, 5) is 16.4. The molecule has 2 aliphatic rings. The van der Waals surface area contributed by atoms with E-state index in [1.807, 2.05) is 43.0 Å². The maximum Gasteiger partial charge on any atom is 0.164 e. The first-order chi connectivity index (χ1) is 20.4. The van der Waals surface area contributed by atoms with E-state index >= 15 is 0 Å². The topological polar surface area (TPSA) is 38.7 Å². The Labute approximate surface area is 254 Å². The molecule has 1 atom stereocenters. The molecule has 1 aliphatic heterocycles. The van der Waals surface area contributed by atoms with Crippen molar-refractivity contribution in [2.24, 2.45) is 0 Å². The van der Waals surface area contributed by atoms with Crippen LogP contribution >= 0.6 is 11.8 Å². The highest BCUT2D eigenvalue weighted by atomic mass is 32.2. The van der Waals surface area contributed by atoms with Gasteiger partial charge >= 0.3 is 0 Å². The van der Waals surface area contributed by atoms with Crippen molar-refractivity contribution in [1.82, 2.24) is 15.0 Å². The minimum absolute atomic E-state index is 0.355. The molecule has 0 spiro atoms. The van der Waals surface area contributed by atoms with Crippen LogP contribution in [0.2, 0.25) is 0 Å². The molecule has 3 nitrogen and oxygen atoms in total. The fourth-order valence-electron chi connectivity index (χ4n) is 5.30. The zero-order valence-corrected chi connectivity index (χ0v) is 25.9. The van der Waals surface area contributed by atoms with Crippen LogP contribution in [-0.4, -0.2) is 20.2 Å². The van der Waals surface area contributed by atoms with E-state index in [2.05, 4.69) is 113 Å². The number of aromatic nitrogens is 3. The minimum atomic E-state index is 0.355. The van der Waals surface area contributed by atoms with Gasteiger partial charge in [-0.1, -0.05) is 97.7 Å². The lowest BCUT2D eigenvalue weighted by atomic mass is 9.93. The molecule has 0 amide bonds. The second-order valence-corrected chi connectivity index (χ2v) is 11.8. The third-order valence-corrected chi connectivity index (χ3v) is 8.86. The number of hydrogen-bond donors (Lipinski definition) is 0. The first-order valence-corrected chi connectivity index (χ1v) is 15.3. The number of hydrogen-bond acceptors (Lipinski definition) is 4. The Morgan fingerprint density at radius 2 is 1.67 bits per heavy atom. The summed E-state index contributed by atoms with van der Waals surface area (Å²) in [6, 6.07) is 14.8. The second kappa shape index (κ2) is 13.1. The number of aryl methyl sites for hydroxylation is 1. The van der Waals surface area contributed by atoms with Gasteiger partial charge in [0.15, 0.2) is 17.5 Å². The first-order valence-electron chi connectivity index (χ1n) is 14.4. The van der Waals surface area contributed by atoms with Gasteiger partial charge in [-0.05, 0) is 86.6 Å². The van der Waals surface area contributed by atoms with Gasteiger partial charge in [0, 0.05) is 26.9 Å². The highest BCUT2D eigenvalue weighted by Gasteiger charge is 2.26. The Morgan fingerprint density at radius 1 is 0.905 bits per heavy atom. The van der Waals surface area contributed by atoms with Gasteiger partial charge in [-0.3, -0.25) is 0 Å². The van der Waals surface area contributed by atoms with Crippen LogP contribution < -0.4 is 0 Å². The van der Waals surface area contributed by atoms with Gasteiger partial charge in [-0.2, -0.15) is 0 Å². The van der Waals surface area contributed by atoms with Crippen LogP contribution in [0.3, 0.4) is 0 Å². The lowest BCUT2D eigenvalue weighted by Gasteiger charge is -2.15. The molecule has 0 fully saturated rings. The van der Waals surface area contributed by atoms with Crippen LogP contribution in [0.4, 0.5) is 0 Å². The van der Waals surface area contributed by atoms with E-state index < -0.39 is 0 Å². The van der Waals surface area contributed by atoms with Gasteiger partial charge in [0.1, 0.15) is 0 Å². The molecular formula is C38H37N3S. The first kappa shape index (κ1) is 29.2. The van der Waals surface area contributed by atoms with Crippen molar-refractivity contribution in [3.05, 3.63) is 149 Å². The predicted molar refractivity (Wildman–Crippen MR) is 182 cm³/mol. The summed E-state index contributed by atoms with van der Waals surface area (Å²) in [5, 5.41) is 0.355. The number of benzene rings is 2. The second-order valence-electron chi connectivity index (χ2n) is 10.4. The van der Waals surface area contributed by atoms with Gasteiger partial charge in [-0.15, -0.1) is 11.8 Å². The standard InChI is InChI=1S/C38H37N3S/c1-7-9-11-18-26(4)36-39-37(29(8-2)24-34-28(6)42-35-23-13-10-12-20-33(34)35)41-38(40-36)32-22-16-21-31(27(32)5)30-19-15-14-17-25(30)3/h7-19,21-24,28H,4,20H2,1-3,5-6H3/b9-7-,18-11-,29-8+,34-24+. The van der Waals surface area contributed by atoms with Crippen LogP contribution in [0, 0.1) is 13.8 Å². The van der Waals surface area contributed by atoms with Crippen molar-refractivity contribution in [3.63, 3.8) is 0 Å². The van der Waals surface area contributed by atoms with Crippen molar-refractivity contribution in [2.45, 2.75) is 46.3 Å². The monoisotopic (exact) mass is 567 g/mol. The van der Waals surface area contributed by atoms with Crippen LogP contribution in [-0.2, 0) is 0 Å². The summed E-state index contributed by atoms with van der Waals surface area (Å²) in [6.07, 6.45) is 21.9. The number of rotatable bonds is 7. The smallest absolute Gasteiger partial charge is 0.164 e. The van der Waals surface area contributed by atoms with E-state index in [1.165, 1.54) is 32.7 Å². The van der Waals surface area contributed by atoms with E-state index in [4.69, 9.17) is 15.0 Å². The van der Waals surface area contributed by atoms with Gasteiger partial charge < -0.3 is 0 Å². The van der Waals surface area contributed by atoms with Crippen LogP contribution in [0.1, 0.15) is 50.0 Å². The third-order valence-electron chi connectivity index (χ3n) is 7.62. The quantitative estimate of drug-likeness (QED) is 0.266. The fraction of sp³-hybridized carbons (Fsp3) is 0.184. The number of nitrogens with zero attached hydrogens (tertiary/aromatic N) is 3. The van der Waals surface area contributed by atoms with Crippen LogP contribution in [0.25, 0.3) is 33.7 Å². The SMILES string of the molecule is C=C(/C=C\C=C/C)c1nc(C(/C=C2/C3=C(C=CC=CC3)SC2C)=C/C)nc(-c2cccc(-c3ccccc3C)c2C)n1. The number of allylic oxidation sites excluding steroid dienone is 13. The van der Waals surface area contributed by atoms with Crippen molar-refractivity contribution in [1.29, 1.82) is 0 Å². The van der Waals surface area contributed by atoms with Gasteiger partial charge in [-0.25, -0.2) is 15.0 Å². The molecule has 0 bridgehead atoms. The summed E-state index contributed by atoms with van der Waals surface area (Å²) in [5.41, 5.74) is 10.2. The molecule has 42 heavy (non-hydrogen) atoms. The molecule has 1 aliphatic carbocycles. The zero-order chi connectivity index (χ0) is 29.6. The van der Waals surface area contributed by atoms with E-state index in [1.54, 1.807) is 0 Å². The van der Waals surface area contributed by atoms with E-state index in [9.17, 15) is 0 Å². The van der Waals surface area contributed by atoms with Crippen LogP contribution in [0.5, 0.6) is 0 Å². The Kier molecular flexibility index (Phi) is 9.14. The maximum atomic E-state index is 5.10. The summed E-state index contributed by atoms with van der Waals surface area (Å²) in [7, 11) is 0. The molecule has 5 rings (SSSR count). The van der Waals surface area contributed by atoms with E-state index in [-0.39, 0.29) is 0 Å². The van der Waals surface area contributed by atoms with Crippen LogP contribution in [0.15, 0.2) is 126 Å². The molecular weight excluding hydrogens is 531 g/mol. The fourth-order valence-corrected chi connectivity index (χ4v) is 6.52. The molecule has 3 aromatic rings. The molecule has 1 aromatic heterocycles. The Balaban J connectivity index is 1.66. The molecule has 2 aromatic carbocycles. The molecule has 0 radical (unpaired) electrons. The maximum absolute atomic E-state index is 5.10. The van der Waals surface area contributed by atoms with Gasteiger partial charge in [0.25, 0.3) is 0 Å². The zero-order valence-electron chi connectivity index (χ0n) is 25.1. The normalized spacial score (nSPS) is 18.0. The summed E-state index contributed by atoms with van der Waals surface area (Å²) >= 11 is 1.91. The van der Waals surface area contributed by atoms with Gasteiger partial charge in [0.2, 0.25) is 0 Å². The van der Waals surface area contributed by atoms with E-state index in [0.717, 1.165) is 28.7 Å². The van der Waals surface area contributed by atoms with Gasteiger partial charge in [0.05, 0.1) is 0 Å². The molecule has 0 saturated carbocycles. The molecule has 210 valence electrons. The largest absolute Gasteiger partial charge is 0.208 e. The average molecular weight is 568 g/mol. The summed E-state index contributed by atoms with van der Waals surface area (Å²) in [5.74, 6) is 1.87. The molecule has 1 unspecified atom stereocenters. The van der Waals surface area contributed by atoms with Crippen molar-refractivity contribution >= 4 is 22.9 Å². The minimum Gasteiger partial charge on any atom is -0.208 e. The Morgan fingerprint density at radius 3 is 2.45 bits per heavy atom. The number of thioether (sulfide) groups is 1. The lowest BCUT2D eigenvalue weighted by molar-refractivity contribution is 0.999. The van der Waals surface area contributed by atoms with Crippen molar-refractivity contribution < 1.29 is 0 Å². The van der Waals surface area contributed by atoms with E-state index in [0.29, 0.717) is 22.7 Å². The third kappa shape index (κ3) is 6.14. The lowest BCUT2D eigenvalue weighted by Crippen LogP contribution is -2.06. The molecule has 0 saturated heterocycles. The summed E-state index contributed by atoms with van der Waals surface area (Å²) < 4.78 is 0. The Bertz CT molecular complexity index is 1740. The predicted octanol–water partition coefficient (Wildman–Crippen LogP) is 10.2. The molecule has 4 heteroatoms. The van der Waals surface area contributed by atoms with Crippen molar-refractivity contribution in [3.8, 4) is 22.5 Å². The molecule has 2 heterocycles. The highest BCUT2D eigenvalue weighted by Crippen LogP contribution is 2.45. The Hall–Kier alpha value is -4.28. The molecule has 0 N–H and O–H groups in total.